The smallest absolute Gasteiger partial charge is 0.282 e. The molecule has 0 fully saturated rings. The minimum atomic E-state index is -0.282. The van der Waals surface area contributed by atoms with Crippen LogP contribution in [0.4, 0.5) is 0 Å². The van der Waals surface area contributed by atoms with Crippen LogP contribution in [0.2, 0.25) is 0 Å². The van der Waals surface area contributed by atoms with Gasteiger partial charge in [-0.15, -0.1) is 6.42 Å². The van der Waals surface area contributed by atoms with Crippen molar-refractivity contribution in [1.82, 2.24) is 9.66 Å². The minimum absolute atomic E-state index is 0.197. The van der Waals surface area contributed by atoms with Gasteiger partial charge < -0.3 is 9.15 Å². The normalized spacial score (nSPS) is 11.3. The van der Waals surface area contributed by atoms with Gasteiger partial charge in [0.15, 0.2) is 5.76 Å². The van der Waals surface area contributed by atoms with Crippen LogP contribution < -0.4 is 10.3 Å². The van der Waals surface area contributed by atoms with Crippen molar-refractivity contribution < 1.29 is 9.15 Å². The number of furan rings is 1. The van der Waals surface area contributed by atoms with E-state index in [2.05, 4.69) is 33.6 Å². The highest BCUT2D eigenvalue weighted by Gasteiger charge is 2.16. The molecular formula is C26H16IN3O3. The van der Waals surface area contributed by atoms with E-state index in [0.717, 1.165) is 14.5 Å². The van der Waals surface area contributed by atoms with Crippen LogP contribution in [0.3, 0.4) is 0 Å². The molecule has 0 aliphatic carbocycles. The van der Waals surface area contributed by atoms with Crippen molar-refractivity contribution in [2.45, 2.75) is 0 Å². The van der Waals surface area contributed by atoms with Crippen molar-refractivity contribution in [3.8, 4) is 29.7 Å². The van der Waals surface area contributed by atoms with Crippen LogP contribution in [0, 0.1) is 15.9 Å². The fraction of sp³-hybridized carbons (Fsp3) is 0.0385. The molecule has 0 atom stereocenters. The monoisotopic (exact) mass is 545 g/mol. The fourth-order valence-corrected chi connectivity index (χ4v) is 4.14. The van der Waals surface area contributed by atoms with E-state index in [-0.39, 0.29) is 12.2 Å². The third kappa shape index (κ3) is 4.13. The van der Waals surface area contributed by atoms with Crippen molar-refractivity contribution in [2.75, 3.05) is 6.61 Å². The molecule has 160 valence electrons. The summed E-state index contributed by atoms with van der Waals surface area (Å²) in [6.45, 7) is 0.197. The Bertz CT molecular complexity index is 1590. The second-order valence-electron chi connectivity index (χ2n) is 7.15. The number of hydrogen-bond donors (Lipinski definition) is 0. The molecular weight excluding hydrogens is 529 g/mol. The van der Waals surface area contributed by atoms with Crippen molar-refractivity contribution in [3.05, 3.63) is 92.3 Å². The molecule has 0 spiro atoms. The summed E-state index contributed by atoms with van der Waals surface area (Å²) < 4.78 is 13.7. The van der Waals surface area contributed by atoms with Crippen LogP contribution in [-0.4, -0.2) is 22.5 Å². The van der Waals surface area contributed by atoms with Gasteiger partial charge in [-0.05, 0) is 70.6 Å². The topological polar surface area (TPSA) is 69.6 Å². The lowest BCUT2D eigenvalue weighted by molar-refractivity contribution is 0.368. The maximum absolute atomic E-state index is 13.3. The lowest BCUT2D eigenvalue weighted by Crippen LogP contribution is -2.20. The average Bonchev–Trinajstić information content (AvgIpc) is 3.27. The SMILES string of the molecule is C#CCOc1ccc(C=Nn2c(-c3cc4ccccc4o3)nc3ccccc3c2=O)cc1I. The third-order valence-corrected chi connectivity index (χ3v) is 5.83. The number of halogens is 1. The molecule has 0 radical (unpaired) electrons. The zero-order valence-electron chi connectivity index (χ0n) is 17.2. The van der Waals surface area contributed by atoms with E-state index in [9.17, 15) is 4.79 Å². The molecule has 7 heteroatoms. The van der Waals surface area contributed by atoms with E-state index in [1.54, 1.807) is 24.4 Å². The predicted octanol–water partition coefficient (Wildman–Crippen LogP) is 5.31. The van der Waals surface area contributed by atoms with E-state index >= 15 is 0 Å². The average molecular weight is 545 g/mol. The molecule has 0 aliphatic rings. The minimum Gasteiger partial charge on any atom is -0.480 e. The molecule has 5 rings (SSSR count). The largest absolute Gasteiger partial charge is 0.480 e. The summed E-state index contributed by atoms with van der Waals surface area (Å²) in [5.74, 6) is 3.93. The van der Waals surface area contributed by atoms with E-state index < -0.39 is 0 Å². The van der Waals surface area contributed by atoms with Gasteiger partial charge in [0.1, 0.15) is 17.9 Å². The summed E-state index contributed by atoms with van der Waals surface area (Å²) in [4.78, 5) is 18.0. The van der Waals surface area contributed by atoms with Gasteiger partial charge in [-0.25, -0.2) is 4.98 Å². The Balaban J connectivity index is 1.63. The van der Waals surface area contributed by atoms with Crippen LogP contribution in [-0.2, 0) is 0 Å². The highest BCUT2D eigenvalue weighted by atomic mass is 127. The Labute approximate surface area is 202 Å². The summed E-state index contributed by atoms with van der Waals surface area (Å²) in [6, 6.07) is 22.3. The van der Waals surface area contributed by atoms with Crippen molar-refractivity contribution >= 4 is 50.7 Å². The van der Waals surface area contributed by atoms with Gasteiger partial charge in [0.05, 0.1) is 20.7 Å². The highest BCUT2D eigenvalue weighted by molar-refractivity contribution is 14.1. The molecule has 5 aromatic rings. The van der Waals surface area contributed by atoms with Gasteiger partial charge in [-0.1, -0.05) is 36.3 Å². The van der Waals surface area contributed by atoms with Gasteiger partial charge in [0.25, 0.3) is 5.56 Å². The summed E-state index contributed by atoms with van der Waals surface area (Å²) in [5.41, 5.74) is 1.80. The number of rotatable bonds is 5. The summed E-state index contributed by atoms with van der Waals surface area (Å²) in [5, 5.41) is 5.88. The van der Waals surface area contributed by atoms with E-state index in [1.807, 2.05) is 54.6 Å². The maximum Gasteiger partial charge on any atom is 0.282 e. The van der Waals surface area contributed by atoms with Crippen molar-refractivity contribution in [2.24, 2.45) is 5.10 Å². The molecule has 0 N–H and O–H groups in total. The number of terminal acetylenes is 1. The molecule has 2 aromatic heterocycles. The number of ether oxygens (including phenoxy) is 1. The van der Waals surface area contributed by atoms with Gasteiger partial charge in [-0.3, -0.25) is 4.79 Å². The predicted molar refractivity (Wildman–Crippen MR) is 138 cm³/mol. The van der Waals surface area contributed by atoms with Crippen LogP contribution in [0.15, 0.2) is 87.1 Å². The number of nitrogens with zero attached hydrogens (tertiary/aromatic N) is 3. The number of fused-ring (bicyclic) bond motifs is 2. The molecule has 0 unspecified atom stereocenters. The van der Waals surface area contributed by atoms with Crippen molar-refractivity contribution in [1.29, 1.82) is 0 Å². The lowest BCUT2D eigenvalue weighted by atomic mass is 10.2. The second-order valence-corrected chi connectivity index (χ2v) is 8.31. The Kier molecular flexibility index (Phi) is 5.67. The number of aromatic nitrogens is 2. The molecule has 0 bridgehead atoms. The maximum atomic E-state index is 13.3. The van der Waals surface area contributed by atoms with Gasteiger partial charge >= 0.3 is 0 Å². The Morgan fingerprint density at radius 1 is 1.12 bits per heavy atom. The molecule has 0 aliphatic heterocycles. The van der Waals surface area contributed by atoms with E-state index in [1.165, 1.54) is 4.68 Å². The molecule has 33 heavy (non-hydrogen) atoms. The molecule has 0 amide bonds. The summed E-state index contributed by atoms with van der Waals surface area (Å²) in [6.07, 6.45) is 6.87. The Morgan fingerprint density at radius 2 is 1.94 bits per heavy atom. The van der Waals surface area contributed by atoms with Crippen LogP contribution in [0.25, 0.3) is 33.5 Å². The number of para-hydroxylation sites is 2. The van der Waals surface area contributed by atoms with Gasteiger partial charge in [-0.2, -0.15) is 9.78 Å². The quantitative estimate of drug-likeness (QED) is 0.171. The first kappa shape index (κ1) is 21.0. The van der Waals surface area contributed by atoms with E-state index in [4.69, 9.17) is 20.6 Å². The zero-order valence-corrected chi connectivity index (χ0v) is 19.4. The molecule has 0 saturated heterocycles. The Hall–Kier alpha value is -3.90. The summed E-state index contributed by atoms with van der Waals surface area (Å²) >= 11 is 2.17. The van der Waals surface area contributed by atoms with Crippen LogP contribution in [0.1, 0.15) is 5.56 Å². The van der Waals surface area contributed by atoms with Crippen LogP contribution >= 0.6 is 22.6 Å². The van der Waals surface area contributed by atoms with E-state index in [0.29, 0.717) is 33.8 Å². The van der Waals surface area contributed by atoms with Crippen LogP contribution in [0.5, 0.6) is 5.75 Å². The number of hydrogen-bond acceptors (Lipinski definition) is 5. The number of benzene rings is 3. The third-order valence-electron chi connectivity index (χ3n) is 4.99. The van der Waals surface area contributed by atoms with Gasteiger partial charge in [0, 0.05) is 5.39 Å². The zero-order chi connectivity index (χ0) is 22.8. The first-order valence-corrected chi connectivity index (χ1v) is 11.1. The first-order valence-electron chi connectivity index (χ1n) is 10.0. The highest BCUT2D eigenvalue weighted by Crippen LogP contribution is 2.27. The molecule has 3 aromatic carbocycles. The standard InChI is InChI=1S/C26H16IN3O3/c1-2-13-32-23-12-11-17(14-20(23)27)16-28-30-25(24-15-18-7-3-6-10-22(18)33-24)29-21-9-5-4-8-19(21)26(30)31/h1,3-12,14-16H,13H2. The first-order chi connectivity index (χ1) is 16.1. The molecule has 6 nitrogen and oxygen atoms in total. The lowest BCUT2D eigenvalue weighted by Gasteiger charge is -2.08. The second kappa shape index (κ2) is 8.92. The summed E-state index contributed by atoms with van der Waals surface area (Å²) in [7, 11) is 0. The fourth-order valence-electron chi connectivity index (χ4n) is 3.44. The van der Waals surface area contributed by atoms with Crippen molar-refractivity contribution in [3.63, 3.8) is 0 Å². The molecule has 2 heterocycles. The van der Waals surface area contributed by atoms with Gasteiger partial charge in [0.2, 0.25) is 5.82 Å². The molecule has 0 saturated carbocycles. The Morgan fingerprint density at radius 3 is 2.76 bits per heavy atom.